The van der Waals surface area contributed by atoms with E-state index in [1.54, 1.807) is 32.4 Å². The van der Waals surface area contributed by atoms with E-state index < -0.39 is 0 Å². The summed E-state index contributed by atoms with van der Waals surface area (Å²) in [6.45, 7) is 7.87. The highest BCUT2D eigenvalue weighted by Gasteiger charge is 2.28. The fraction of sp³-hybridized carbons (Fsp3) is 0.269. The summed E-state index contributed by atoms with van der Waals surface area (Å²) in [5.41, 5.74) is 5.20. The Morgan fingerprint density at radius 1 is 0.972 bits per heavy atom. The standard InChI is InChI=1S/C26H24Cl2N6O2/c1-15-12-18(27)4-5-19(15)24-25(20-6-7-29-13-21(20)28)31-22(14-30-24)33-8-10-34(11-9-33)26(35)23-16(2)32-36-17(23)3/h4-7,12-14H,8-11H2,1-3H3. The molecule has 0 spiro atoms. The molecule has 1 aliphatic heterocycles. The highest BCUT2D eigenvalue weighted by atomic mass is 35.5. The number of carbonyl (C=O) groups is 1. The van der Waals surface area contributed by atoms with E-state index in [9.17, 15) is 4.79 Å². The van der Waals surface area contributed by atoms with Crippen LogP contribution in [0.15, 0.2) is 47.4 Å². The average Bonchev–Trinajstić information content (AvgIpc) is 3.21. The van der Waals surface area contributed by atoms with Crippen molar-refractivity contribution in [3.05, 3.63) is 75.5 Å². The summed E-state index contributed by atoms with van der Waals surface area (Å²) in [6.07, 6.45) is 5.06. The lowest BCUT2D eigenvalue weighted by Gasteiger charge is -2.35. The Morgan fingerprint density at radius 2 is 1.75 bits per heavy atom. The van der Waals surface area contributed by atoms with E-state index in [0.29, 0.717) is 64.6 Å². The van der Waals surface area contributed by atoms with Gasteiger partial charge in [0.15, 0.2) is 0 Å². The second-order valence-electron chi connectivity index (χ2n) is 8.72. The maximum atomic E-state index is 13.0. The molecule has 4 heterocycles. The van der Waals surface area contributed by atoms with Gasteiger partial charge in [0.05, 0.1) is 22.6 Å². The molecule has 1 aromatic carbocycles. The van der Waals surface area contributed by atoms with Gasteiger partial charge < -0.3 is 14.3 Å². The summed E-state index contributed by atoms with van der Waals surface area (Å²) in [5.74, 6) is 1.20. The number of pyridine rings is 1. The Morgan fingerprint density at radius 3 is 2.42 bits per heavy atom. The molecule has 0 saturated carbocycles. The van der Waals surface area contributed by atoms with Crippen LogP contribution in [0.25, 0.3) is 22.5 Å². The van der Waals surface area contributed by atoms with Gasteiger partial charge in [-0.05, 0) is 44.5 Å². The first-order valence-corrected chi connectivity index (χ1v) is 12.3. The molecule has 10 heteroatoms. The molecule has 1 amide bonds. The Hall–Kier alpha value is -3.49. The zero-order valence-electron chi connectivity index (χ0n) is 20.1. The predicted molar refractivity (Wildman–Crippen MR) is 140 cm³/mol. The molecule has 36 heavy (non-hydrogen) atoms. The van der Waals surface area contributed by atoms with Crippen LogP contribution in [0.4, 0.5) is 5.82 Å². The van der Waals surface area contributed by atoms with E-state index in [1.807, 2.05) is 36.1 Å². The zero-order chi connectivity index (χ0) is 25.4. The van der Waals surface area contributed by atoms with Crippen molar-refractivity contribution in [3.63, 3.8) is 0 Å². The number of aromatic nitrogens is 4. The van der Waals surface area contributed by atoms with Gasteiger partial charge in [-0.25, -0.2) is 4.98 Å². The van der Waals surface area contributed by atoms with Crippen LogP contribution in [-0.4, -0.2) is 57.1 Å². The maximum Gasteiger partial charge on any atom is 0.259 e. The molecule has 0 unspecified atom stereocenters. The number of benzene rings is 1. The van der Waals surface area contributed by atoms with Gasteiger partial charge in [0, 0.05) is 54.7 Å². The minimum atomic E-state index is -0.0604. The van der Waals surface area contributed by atoms with Crippen LogP contribution >= 0.6 is 23.2 Å². The van der Waals surface area contributed by atoms with Crippen LogP contribution < -0.4 is 4.90 Å². The topological polar surface area (TPSA) is 88.3 Å². The summed E-state index contributed by atoms with van der Waals surface area (Å²) in [4.78, 5) is 30.9. The number of rotatable bonds is 4. The van der Waals surface area contributed by atoms with Gasteiger partial charge in [0.1, 0.15) is 22.8 Å². The van der Waals surface area contributed by atoms with Crippen molar-refractivity contribution in [1.29, 1.82) is 0 Å². The molecule has 0 atom stereocenters. The van der Waals surface area contributed by atoms with Gasteiger partial charge in [-0.15, -0.1) is 0 Å². The molecule has 1 fully saturated rings. The Bertz CT molecular complexity index is 1430. The van der Waals surface area contributed by atoms with E-state index >= 15 is 0 Å². The lowest BCUT2D eigenvalue weighted by molar-refractivity contribution is 0.0744. The largest absolute Gasteiger partial charge is 0.361 e. The minimum Gasteiger partial charge on any atom is -0.361 e. The summed E-state index contributed by atoms with van der Waals surface area (Å²) in [7, 11) is 0. The SMILES string of the molecule is Cc1cc(Cl)ccc1-c1ncc(N2CCN(C(=O)c3c(C)noc3C)CC2)nc1-c1ccncc1Cl. The third-order valence-corrected chi connectivity index (χ3v) is 6.91. The molecule has 0 radical (unpaired) electrons. The van der Waals surface area contributed by atoms with Crippen LogP contribution in [0.5, 0.6) is 0 Å². The van der Waals surface area contributed by atoms with E-state index in [0.717, 1.165) is 22.5 Å². The van der Waals surface area contributed by atoms with Crippen molar-refractivity contribution in [3.8, 4) is 22.5 Å². The van der Waals surface area contributed by atoms with E-state index in [4.69, 9.17) is 37.7 Å². The molecule has 0 aliphatic carbocycles. The van der Waals surface area contributed by atoms with Crippen LogP contribution in [0.1, 0.15) is 27.4 Å². The Kier molecular flexibility index (Phi) is 6.64. The summed E-state index contributed by atoms with van der Waals surface area (Å²) in [5, 5.41) is 5.06. The number of halogens is 2. The van der Waals surface area contributed by atoms with Gasteiger partial charge in [-0.3, -0.25) is 14.8 Å². The van der Waals surface area contributed by atoms with Gasteiger partial charge in [0.2, 0.25) is 0 Å². The first-order chi connectivity index (χ1) is 17.3. The van der Waals surface area contributed by atoms with Crippen molar-refractivity contribution < 1.29 is 9.32 Å². The van der Waals surface area contributed by atoms with Crippen molar-refractivity contribution in [2.45, 2.75) is 20.8 Å². The quantitative estimate of drug-likeness (QED) is 0.355. The van der Waals surface area contributed by atoms with Crippen molar-refractivity contribution in [2.24, 2.45) is 0 Å². The van der Waals surface area contributed by atoms with E-state index in [-0.39, 0.29) is 5.91 Å². The lowest BCUT2D eigenvalue weighted by atomic mass is 10.0. The molecule has 4 aromatic rings. The second-order valence-corrected chi connectivity index (χ2v) is 9.56. The third-order valence-electron chi connectivity index (χ3n) is 6.37. The number of hydrogen-bond acceptors (Lipinski definition) is 7. The van der Waals surface area contributed by atoms with E-state index in [1.165, 1.54) is 0 Å². The van der Waals surface area contributed by atoms with Crippen molar-refractivity contribution >= 4 is 34.9 Å². The van der Waals surface area contributed by atoms with Crippen LogP contribution in [0.3, 0.4) is 0 Å². The maximum absolute atomic E-state index is 13.0. The molecule has 0 bridgehead atoms. The summed E-state index contributed by atoms with van der Waals surface area (Å²) in [6, 6.07) is 7.52. The molecule has 184 valence electrons. The number of nitrogens with zero attached hydrogens (tertiary/aromatic N) is 6. The fourth-order valence-corrected chi connectivity index (χ4v) is 4.90. The predicted octanol–water partition coefficient (Wildman–Crippen LogP) is 5.39. The van der Waals surface area contributed by atoms with Crippen molar-refractivity contribution in [2.75, 3.05) is 31.1 Å². The Labute approximate surface area is 218 Å². The third kappa shape index (κ3) is 4.54. The lowest BCUT2D eigenvalue weighted by Crippen LogP contribution is -2.49. The number of amides is 1. The molecular formula is C26H24Cl2N6O2. The normalized spacial score (nSPS) is 13.8. The molecule has 1 aliphatic rings. The molecule has 0 N–H and O–H groups in total. The van der Waals surface area contributed by atoms with Crippen LogP contribution in [-0.2, 0) is 0 Å². The van der Waals surface area contributed by atoms with Gasteiger partial charge in [-0.1, -0.05) is 34.4 Å². The van der Waals surface area contributed by atoms with Gasteiger partial charge >= 0.3 is 0 Å². The number of hydrogen-bond donors (Lipinski definition) is 0. The molecule has 8 nitrogen and oxygen atoms in total. The summed E-state index contributed by atoms with van der Waals surface area (Å²) >= 11 is 12.7. The first-order valence-electron chi connectivity index (χ1n) is 11.5. The van der Waals surface area contributed by atoms with Gasteiger partial charge in [0.25, 0.3) is 5.91 Å². The van der Waals surface area contributed by atoms with Crippen molar-refractivity contribution in [1.82, 2.24) is 25.0 Å². The fourth-order valence-electron chi connectivity index (χ4n) is 4.46. The number of piperazine rings is 1. The first kappa shape index (κ1) is 24.2. The second kappa shape index (κ2) is 9.87. The molecule has 1 saturated heterocycles. The van der Waals surface area contributed by atoms with Crippen LogP contribution in [0, 0.1) is 20.8 Å². The Balaban J connectivity index is 1.46. The smallest absolute Gasteiger partial charge is 0.259 e. The minimum absolute atomic E-state index is 0.0604. The van der Waals surface area contributed by atoms with Gasteiger partial charge in [-0.2, -0.15) is 0 Å². The average molecular weight is 523 g/mol. The summed E-state index contributed by atoms with van der Waals surface area (Å²) < 4.78 is 5.18. The highest BCUT2D eigenvalue weighted by Crippen LogP contribution is 2.36. The monoisotopic (exact) mass is 522 g/mol. The number of aryl methyl sites for hydroxylation is 3. The molecule has 5 rings (SSSR count). The number of carbonyl (C=O) groups excluding carboxylic acids is 1. The molecular weight excluding hydrogens is 499 g/mol. The van der Waals surface area contributed by atoms with Crippen LogP contribution in [0.2, 0.25) is 10.0 Å². The highest BCUT2D eigenvalue weighted by molar-refractivity contribution is 6.33. The van der Waals surface area contributed by atoms with E-state index in [2.05, 4.69) is 15.0 Å². The zero-order valence-corrected chi connectivity index (χ0v) is 21.6. The molecule has 3 aromatic heterocycles. The number of anilines is 1.